The second-order valence-electron chi connectivity index (χ2n) is 6.77. The molecule has 0 spiro atoms. The number of rotatable bonds is 8. The molecule has 26 heavy (non-hydrogen) atoms. The number of aromatic nitrogens is 1. The van der Waals surface area contributed by atoms with Gasteiger partial charge in [-0.3, -0.25) is 0 Å². The van der Waals surface area contributed by atoms with Crippen LogP contribution in [-0.4, -0.2) is 28.5 Å². The molecule has 0 fully saturated rings. The van der Waals surface area contributed by atoms with Gasteiger partial charge in [0.2, 0.25) is 0 Å². The molecule has 0 aliphatic rings. The fourth-order valence-corrected chi connectivity index (χ4v) is 3.33. The SMILES string of the molecule is CCNC(=O)N(Cc1csc(COc2ccccc2C(C)C)n1)C(C)C. The molecular weight excluding hydrogens is 346 g/mol. The number of nitrogens with zero attached hydrogens (tertiary/aromatic N) is 2. The quantitative estimate of drug-likeness (QED) is 0.722. The van der Waals surface area contributed by atoms with Crippen molar-refractivity contribution in [2.24, 2.45) is 0 Å². The van der Waals surface area contributed by atoms with Crippen LogP contribution in [0.4, 0.5) is 4.79 Å². The van der Waals surface area contributed by atoms with E-state index in [0.29, 0.717) is 25.6 Å². The Kier molecular flexibility index (Phi) is 7.45. The van der Waals surface area contributed by atoms with Gasteiger partial charge >= 0.3 is 6.03 Å². The number of hydrogen-bond acceptors (Lipinski definition) is 4. The third kappa shape index (κ3) is 5.46. The minimum atomic E-state index is -0.0563. The lowest BCUT2D eigenvalue weighted by Crippen LogP contribution is -2.43. The Hall–Kier alpha value is -2.08. The van der Waals surface area contributed by atoms with Gasteiger partial charge in [-0.05, 0) is 38.3 Å². The first-order chi connectivity index (χ1) is 12.4. The van der Waals surface area contributed by atoms with Gasteiger partial charge in [-0.15, -0.1) is 11.3 Å². The first-order valence-electron chi connectivity index (χ1n) is 9.11. The predicted octanol–water partition coefficient (Wildman–Crippen LogP) is 4.79. The number of hydrogen-bond donors (Lipinski definition) is 1. The van der Waals surface area contributed by atoms with Gasteiger partial charge in [-0.2, -0.15) is 0 Å². The lowest BCUT2D eigenvalue weighted by Gasteiger charge is -2.25. The number of carbonyl (C=O) groups is 1. The van der Waals surface area contributed by atoms with Gasteiger partial charge in [0.25, 0.3) is 0 Å². The van der Waals surface area contributed by atoms with Crippen molar-refractivity contribution in [1.82, 2.24) is 15.2 Å². The van der Waals surface area contributed by atoms with Crippen LogP contribution in [0.3, 0.4) is 0 Å². The van der Waals surface area contributed by atoms with E-state index in [4.69, 9.17) is 4.74 Å². The molecule has 0 atom stereocenters. The Morgan fingerprint density at radius 1 is 1.27 bits per heavy atom. The second kappa shape index (κ2) is 9.57. The highest BCUT2D eigenvalue weighted by Crippen LogP contribution is 2.27. The summed E-state index contributed by atoms with van der Waals surface area (Å²) in [6.07, 6.45) is 0. The van der Waals surface area contributed by atoms with Crippen molar-refractivity contribution in [3.63, 3.8) is 0 Å². The summed E-state index contributed by atoms with van der Waals surface area (Å²) in [6, 6.07) is 8.17. The van der Waals surface area contributed by atoms with E-state index in [-0.39, 0.29) is 12.1 Å². The summed E-state index contributed by atoms with van der Waals surface area (Å²) >= 11 is 1.57. The highest BCUT2D eigenvalue weighted by atomic mass is 32.1. The van der Waals surface area contributed by atoms with Crippen molar-refractivity contribution in [3.05, 3.63) is 45.9 Å². The molecule has 0 saturated carbocycles. The maximum absolute atomic E-state index is 12.2. The zero-order valence-electron chi connectivity index (χ0n) is 16.3. The molecule has 142 valence electrons. The van der Waals surface area contributed by atoms with Crippen LogP contribution in [0.2, 0.25) is 0 Å². The lowest BCUT2D eigenvalue weighted by atomic mass is 10.0. The molecule has 1 aromatic carbocycles. The number of nitrogens with one attached hydrogen (secondary N) is 1. The van der Waals surface area contributed by atoms with Gasteiger partial charge in [0.05, 0.1) is 12.2 Å². The van der Waals surface area contributed by atoms with E-state index in [0.717, 1.165) is 16.5 Å². The third-order valence-corrected chi connectivity index (χ3v) is 4.91. The van der Waals surface area contributed by atoms with Gasteiger partial charge in [-0.25, -0.2) is 9.78 Å². The first-order valence-corrected chi connectivity index (χ1v) is 9.99. The summed E-state index contributed by atoms with van der Waals surface area (Å²) < 4.78 is 5.99. The summed E-state index contributed by atoms with van der Waals surface area (Å²) in [4.78, 5) is 18.6. The monoisotopic (exact) mass is 375 g/mol. The second-order valence-corrected chi connectivity index (χ2v) is 7.71. The molecule has 0 bridgehead atoms. The van der Waals surface area contributed by atoms with Gasteiger partial charge < -0.3 is 15.0 Å². The van der Waals surface area contributed by atoms with Crippen LogP contribution in [0.5, 0.6) is 5.75 Å². The average molecular weight is 376 g/mol. The molecule has 0 aliphatic heterocycles. The molecular formula is C20H29N3O2S. The largest absolute Gasteiger partial charge is 0.486 e. The zero-order valence-corrected chi connectivity index (χ0v) is 17.1. The summed E-state index contributed by atoms with van der Waals surface area (Å²) in [6.45, 7) is 11.8. The fraction of sp³-hybridized carbons (Fsp3) is 0.500. The molecule has 5 nitrogen and oxygen atoms in total. The van der Waals surface area contributed by atoms with Crippen LogP contribution in [0.1, 0.15) is 56.8 Å². The Labute approximate surface area is 160 Å². The highest BCUT2D eigenvalue weighted by molar-refractivity contribution is 7.09. The first kappa shape index (κ1) is 20.2. The molecule has 2 aromatic rings. The van der Waals surface area contributed by atoms with Gasteiger partial charge in [0.15, 0.2) is 0 Å². The third-order valence-electron chi connectivity index (χ3n) is 4.04. The highest BCUT2D eigenvalue weighted by Gasteiger charge is 2.18. The Balaban J connectivity index is 2.00. The van der Waals surface area contributed by atoms with Crippen LogP contribution in [0, 0.1) is 0 Å². The smallest absolute Gasteiger partial charge is 0.317 e. The van der Waals surface area contributed by atoms with Crippen molar-refractivity contribution in [1.29, 1.82) is 0 Å². The van der Waals surface area contributed by atoms with Crippen LogP contribution < -0.4 is 10.1 Å². The average Bonchev–Trinajstić information content (AvgIpc) is 3.05. The normalized spacial score (nSPS) is 11.0. The summed E-state index contributed by atoms with van der Waals surface area (Å²) in [5.74, 6) is 1.32. The van der Waals surface area contributed by atoms with Crippen molar-refractivity contribution in [2.45, 2.75) is 59.7 Å². The molecule has 0 unspecified atom stereocenters. The van der Waals surface area contributed by atoms with Crippen molar-refractivity contribution >= 4 is 17.4 Å². The van der Waals surface area contributed by atoms with Gasteiger partial charge in [0.1, 0.15) is 17.4 Å². The van der Waals surface area contributed by atoms with Crippen molar-refractivity contribution < 1.29 is 9.53 Å². The predicted molar refractivity (Wildman–Crippen MR) is 107 cm³/mol. The summed E-state index contributed by atoms with van der Waals surface area (Å²) in [5, 5.41) is 5.77. The topological polar surface area (TPSA) is 54.5 Å². The molecule has 0 radical (unpaired) electrons. The number of ether oxygens (including phenoxy) is 1. The maximum atomic E-state index is 12.2. The number of urea groups is 1. The summed E-state index contributed by atoms with van der Waals surface area (Å²) in [5.41, 5.74) is 2.09. The molecule has 1 heterocycles. The number of para-hydroxylation sites is 1. The van der Waals surface area contributed by atoms with Gasteiger partial charge in [-0.1, -0.05) is 32.0 Å². The van der Waals surface area contributed by atoms with Crippen LogP contribution >= 0.6 is 11.3 Å². The number of thiazole rings is 1. The molecule has 1 aromatic heterocycles. The zero-order chi connectivity index (χ0) is 19.1. The molecule has 0 saturated heterocycles. The van der Waals surface area contributed by atoms with Gasteiger partial charge in [0, 0.05) is 18.0 Å². The van der Waals surface area contributed by atoms with E-state index >= 15 is 0 Å². The van der Waals surface area contributed by atoms with Crippen LogP contribution in [0.15, 0.2) is 29.6 Å². The maximum Gasteiger partial charge on any atom is 0.317 e. The molecule has 0 aliphatic carbocycles. The van der Waals surface area contributed by atoms with E-state index < -0.39 is 0 Å². The lowest BCUT2D eigenvalue weighted by molar-refractivity contribution is 0.179. The molecule has 2 amide bonds. The van der Waals surface area contributed by atoms with E-state index in [1.807, 2.05) is 44.4 Å². The number of benzene rings is 1. The van der Waals surface area contributed by atoms with Crippen molar-refractivity contribution in [3.8, 4) is 5.75 Å². The van der Waals surface area contributed by atoms with Crippen LogP contribution in [0.25, 0.3) is 0 Å². The standard InChI is InChI=1S/C20H29N3O2S/c1-6-21-20(24)23(15(4)5)11-16-13-26-19(22-16)12-25-18-10-8-7-9-17(18)14(2)3/h7-10,13-15H,6,11-12H2,1-5H3,(H,21,24). The van der Waals surface area contributed by atoms with E-state index in [1.165, 1.54) is 5.56 Å². The van der Waals surface area contributed by atoms with E-state index in [2.05, 4.69) is 30.2 Å². The minimum absolute atomic E-state index is 0.0563. The summed E-state index contributed by atoms with van der Waals surface area (Å²) in [7, 11) is 0. The molecule has 6 heteroatoms. The Bertz CT molecular complexity index is 713. The molecule has 1 N–H and O–H groups in total. The van der Waals surface area contributed by atoms with E-state index in [9.17, 15) is 4.79 Å². The van der Waals surface area contributed by atoms with Crippen molar-refractivity contribution in [2.75, 3.05) is 6.54 Å². The Morgan fingerprint density at radius 3 is 2.65 bits per heavy atom. The molecule has 2 rings (SSSR count). The number of amides is 2. The number of carbonyl (C=O) groups excluding carboxylic acids is 1. The minimum Gasteiger partial charge on any atom is -0.486 e. The fourth-order valence-electron chi connectivity index (χ4n) is 2.63. The van der Waals surface area contributed by atoms with Crippen LogP contribution in [-0.2, 0) is 13.2 Å². The van der Waals surface area contributed by atoms with E-state index in [1.54, 1.807) is 16.2 Å². The Morgan fingerprint density at radius 2 is 2.00 bits per heavy atom.